The Kier molecular flexibility index (Phi) is 6.64. The van der Waals surface area contributed by atoms with Crippen molar-refractivity contribution in [3.05, 3.63) is 63.4 Å². The number of hydrogen-bond donors (Lipinski definition) is 2. The number of aromatic amines is 1. The standard InChI is InChI=1S/C16H13Cl3N4O2/c1-2-6-25-10-5-3-4-9(7-10)8-21-23-16(24)14-11(17)13(20)12(18)15(19)22-14/h2-5,7-8H,1,6H2,(H2,20,22)(H,23,24)/p+1/b21-8+. The predicted molar refractivity (Wildman–Crippen MR) is 99.6 cm³/mol. The normalized spacial score (nSPS) is 10.7. The molecule has 0 spiro atoms. The SMILES string of the molecule is C=CCOc1cccc(/C=N/NC(=O)c2[nH+]c(Cl)c(Cl)c(N)c2Cl)c1. The number of amides is 1. The topological polar surface area (TPSA) is 90.8 Å². The number of halogens is 3. The van der Waals surface area contributed by atoms with Crippen LogP contribution in [0.5, 0.6) is 5.75 Å². The van der Waals surface area contributed by atoms with E-state index in [0.29, 0.717) is 12.4 Å². The molecule has 6 nitrogen and oxygen atoms in total. The zero-order valence-corrected chi connectivity index (χ0v) is 15.1. The molecule has 0 unspecified atom stereocenters. The Balaban J connectivity index is 2.10. The highest BCUT2D eigenvalue weighted by Crippen LogP contribution is 2.31. The van der Waals surface area contributed by atoms with Crippen LogP contribution in [0.3, 0.4) is 0 Å². The van der Waals surface area contributed by atoms with Gasteiger partial charge in [0.15, 0.2) is 0 Å². The number of hydrazone groups is 1. The fourth-order valence-corrected chi connectivity index (χ4v) is 2.40. The minimum absolute atomic E-state index is 0.00441. The molecule has 130 valence electrons. The molecule has 0 aliphatic rings. The van der Waals surface area contributed by atoms with Crippen LogP contribution in [0.4, 0.5) is 5.69 Å². The molecule has 0 fully saturated rings. The van der Waals surface area contributed by atoms with Crippen molar-refractivity contribution >= 4 is 52.6 Å². The van der Waals surface area contributed by atoms with Crippen LogP contribution >= 0.6 is 34.8 Å². The number of pyridine rings is 1. The molecular formula is C16H14Cl3N4O2+. The molecule has 0 atom stereocenters. The second-order valence-electron chi connectivity index (χ2n) is 4.73. The summed E-state index contributed by atoms with van der Waals surface area (Å²) in [4.78, 5) is 14.7. The van der Waals surface area contributed by atoms with Gasteiger partial charge in [-0.3, -0.25) is 4.79 Å². The van der Waals surface area contributed by atoms with Gasteiger partial charge in [-0.05, 0) is 29.3 Å². The van der Waals surface area contributed by atoms with Gasteiger partial charge in [-0.1, -0.05) is 48.0 Å². The third-order valence-corrected chi connectivity index (χ3v) is 4.12. The summed E-state index contributed by atoms with van der Waals surface area (Å²) in [6.07, 6.45) is 3.09. The lowest BCUT2D eigenvalue weighted by Gasteiger charge is -2.04. The van der Waals surface area contributed by atoms with E-state index in [4.69, 9.17) is 45.3 Å². The molecule has 0 saturated heterocycles. The summed E-state index contributed by atoms with van der Waals surface area (Å²) in [6, 6.07) is 7.15. The second-order valence-corrected chi connectivity index (χ2v) is 5.86. The maximum Gasteiger partial charge on any atom is 0.337 e. The monoisotopic (exact) mass is 399 g/mol. The lowest BCUT2D eigenvalue weighted by molar-refractivity contribution is -0.379. The van der Waals surface area contributed by atoms with Crippen LogP contribution in [0.15, 0.2) is 42.0 Å². The van der Waals surface area contributed by atoms with Gasteiger partial charge in [0.05, 0.1) is 11.9 Å². The molecule has 1 aromatic heterocycles. The van der Waals surface area contributed by atoms with Gasteiger partial charge in [0, 0.05) is 0 Å². The molecule has 0 aliphatic carbocycles. The minimum atomic E-state index is -0.620. The molecule has 0 bridgehead atoms. The van der Waals surface area contributed by atoms with Gasteiger partial charge < -0.3 is 10.5 Å². The highest BCUT2D eigenvalue weighted by Gasteiger charge is 2.25. The van der Waals surface area contributed by atoms with Crippen molar-refractivity contribution in [3.8, 4) is 5.75 Å². The third kappa shape index (κ3) is 4.85. The summed E-state index contributed by atoms with van der Waals surface area (Å²) in [7, 11) is 0. The Morgan fingerprint density at radius 2 is 2.12 bits per heavy atom. The van der Waals surface area contributed by atoms with Crippen molar-refractivity contribution in [1.29, 1.82) is 0 Å². The quantitative estimate of drug-likeness (QED) is 0.337. The molecule has 1 heterocycles. The van der Waals surface area contributed by atoms with Gasteiger partial charge in [0.2, 0.25) is 0 Å². The van der Waals surface area contributed by atoms with Crippen LogP contribution < -0.4 is 20.9 Å². The van der Waals surface area contributed by atoms with Gasteiger partial charge in [0.1, 0.15) is 22.4 Å². The van der Waals surface area contributed by atoms with Crippen LogP contribution in [0, 0.1) is 0 Å². The van der Waals surface area contributed by atoms with E-state index in [1.807, 2.05) is 0 Å². The van der Waals surface area contributed by atoms with E-state index in [1.165, 1.54) is 6.21 Å². The smallest absolute Gasteiger partial charge is 0.337 e. The second kappa shape index (κ2) is 8.71. The highest BCUT2D eigenvalue weighted by atomic mass is 35.5. The Hall–Kier alpha value is -2.28. The number of nitrogens with one attached hydrogen (secondary N) is 2. The van der Waals surface area contributed by atoms with Crippen LogP contribution in [-0.2, 0) is 0 Å². The molecule has 0 saturated carbocycles. The van der Waals surface area contributed by atoms with Crippen molar-refractivity contribution in [2.45, 2.75) is 0 Å². The van der Waals surface area contributed by atoms with Crippen LogP contribution in [-0.4, -0.2) is 18.7 Å². The van der Waals surface area contributed by atoms with E-state index in [2.05, 4.69) is 22.1 Å². The largest absolute Gasteiger partial charge is 0.490 e. The number of aromatic nitrogens is 1. The fraction of sp³-hybridized carbons (Fsp3) is 0.0625. The van der Waals surface area contributed by atoms with E-state index in [0.717, 1.165) is 5.56 Å². The number of rotatable bonds is 6. The van der Waals surface area contributed by atoms with E-state index < -0.39 is 5.91 Å². The van der Waals surface area contributed by atoms with Gasteiger partial charge in [-0.2, -0.15) is 10.1 Å². The fourth-order valence-electron chi connectivity index (χ4n) is 1.79. The Labute approximate surface area is 159 Å². The van der Waals surface area contributed by atoms with Crippen LogP contribution in [0.2, 0.25) is 15.2 Å². The molecule has 0 aliphatic heterocycles. The number of nitrogen functional groups attached to an aromatic ring is 1. The number of anilines is 1. The first-order chi connectivity index (χ1) is 11.9. The zero-order chi connectivity index (χ0) is 18.4. The summed E-state index contributed by atoms with van der Waals surface area (Å²) in [5, 5.41) is 3.88. The molecule has 2 rings (SSSR count). The summed E-state index contributed by atoms with van der Waals surface area (Å²) >= 11 is 17.7. The Bertz CT molecular complexity index is 840. The van der Waals surface area contributed by atoms with Gasteiger partial charge >= 0.3 is 5.91 Å². The summed E-state index contributed by atoms with van der Waals surface area (Å²) < 4.78 is 5.42. The average Bonchev–Trinajstić information content (AvgIpc) is 2.61. The number of ether oxygens (including phenoxy) is 1. The van der Waals surface area contributed by atoms with Crippen LogP contribution in [0.25, 0.3) is 0 Å². The van der Waals surface area contributed by atoms with Crippen molar-refractivity contribution in [2.75, 3.05) is 12.3 Å². The molecule has 4 N–H and O–H groups in total. The number of hydrogen-bond acceptors (Lipinski definition) is 4. The number of nitrogens with zero attached hydrogens (tertiary/aromatic N) is 1. The maximum atomic E-state index is 12.1. The first kappa shape index (κ1) is 19.1. The van der Waals surface area contributed by atoms with Gasteiger partial charge in [0.25, 0.3) is 10.8 Å². The maximum absolute atomic E-state index is 12.1. The number of nitrogens with two attached hydrogens (primary N) is 1. The first-order valence-corrected chi connectivity index (χ1v) is 8.09. The summed E-state index contributed by atoms with van der Waals surface area (Å²) in [5.41, 5.74) is 8.70. The minimum Gasteiger partial charge on any atom is -0.490 e. The lowest BCUT2D eigenvalue weighted by atomic mass is 10.2. The predicted octanol–water partition coefficient (Wildman–Crippen LogP) is 3.37. The number of H-pyrrole nitrogens is 1. The zero-order valence-electron chi connectivity index (χ0n) is 12.9. The van der Waals surface area contributed by atoms with Crippen molar-refractivity contribution in [3.63, 3.8) is 0 Å². The molecule has 2 aromatic rings. The van der Waals surface area contributed by atoms with E-state index in [-0.39, 0.29) is 26.6 Å². The highest BCUT2D eigenvalue weighted by molar-refractivity contribution is 6.45. The van der Waals surface area contributed by atoms with E-state index >= 15 is 0 Å². The molecule has 9 heteroatoms. The molecule has 25 heavy (non-hydrogen) atoms. The Morgan fingerprint density at radius 1 is 1.36 bits per heavy atom. The van der Waals surface area contributed by atoms with Gasteiger partial charge in [-0.25, -0.2) is 5.43 Å². The number of carbonyl (C=O) groups excluding carboxylic acids is 1. The lowest BCUT2D eigenvalue weighted by Crippen LogP contribution is -2.28. The Morgan fingerprint density at radius 3 is 2.84 bits per heavy atom. The van der Waals surface area contributed by atoms with Crippen LogP contribution in [0.1, 0.15) is 16.1 Å². The molecule has 1 amide bonds. The third-order valence-electron chi connectivity index (χ3n) is 2.95. The number of benzene rings is 1. The van der Waals surface area contributed by atoms with Crippen molar-refractivity contribution < 1.29 is 14.5 Å². The number of carbonyl (C=O) groups is 1. The molecular weight excluding hydrogens is 387 g/mol. The first-order valence-electron chi connectivity index (χ1n) is 6.96. The summed E-state index contributed by atoms with van der Waals surface area (Å²) in [5.74, 6) is 0.0365. The summed E-state index contributed by atoms with van der Waals surface area (Å²) in [6.45, 7) is 3.97. The van der Waals surface area contributed by atoms with E-state index in [1.54, 1.807) is 30.3 Å². The average molecular weight is 401 g/mol. The van der Waals surface area contributed by atoms with Crippen molar-refractivity contribution in [1.82, 2.24) is 5.43 Å². The molecule has 1 aromatic carbocycles. The van der Waals surface area contributed by atoms with Gasteiger partial charge in [-0.15, -0.1) is 0 Å². The van der Waals surface area contributed by atoms with Crippen molar-refractivity contribution in [2.24, 2.45) is 5.10 Å². The van der Waals surface area contributed by atoms with E-state index in [9.17, 15) is 4.79 Å². The molecule has 0 radical (unpaired) electrons.